The predicted molar refractivity (Wildman–Crippen MR) is 139 cm³/mol. The lowest BCUT2D eigenvalue weighted by molar-refractivity contribution is -0.140. The minimum atomic E-state index is -0.836. The zero-order chi connectivity index (χ0) is 26.4. The molecule has 8 nitrogen and oxygen atoms in total. The number of ether oxygens (including phenoxy) is 3. The molecule has 194 valence electrons. The number of likely N-dealkylation sites (tertiary alicyclic amines) is 1. The van der Waals surface area contributed by atoms with E-state index < -0.39 is 17.7 Å². The van der Waals surface area contributed by atoms with Crippen molar-refractivity contribution < 1.29 is 28.9 Å². The molecule has 1 heterocycles. The van der Waals surface area contributed by atoms with E-state index >= 15 is 0 Å². The number of carbonyl (C=O) groups excluding carboxylic acids is 2. The number of rotatable bonds is 11. The molecule has 1 N–H and O–H groups in total. The summed E-state index contributed by atoms with van der Waals surface area (Å²) in [7, 11) is 3.07. The van der Waals surface area contributed by atoms with Crippen LogP contribution >= 0.6 is 0 Å². The van der Waals surface area contributed by atoms with E-state index in [0.717, 1.165) is 13.1 Å². The average molecular weight is 497 g/mol. The van der Waals surface area contributed by atoms with E-state index in [0.29, 0.717) is 41.5 Å². The Kier molecular flexibility index (Phi) is 8.98. The van der Waals surface area contributed by atoms with Crippen molar-refractivity contribution in [2.24, 2.45) is 0 Å². The van der Waals surface area contributed by atoms with Gasteiger partial charge in [-0.3, -0.25) is 9.59 Å². The number of hydrogen-bond acceptors (Lipinski definition) is 7. The van der Waals surface area contributed by atoms with Crippen LogP contribution in [0.25, 0.3) is 5.76 Å². The standard InChI is InChI=1S/C28H36N2O6/c1-7-29(8-2)15-16-30-25(22-17-21(34-5)13-14-23(22)35-6)24(27(32)28(30)33)26(31)19-9-11-20(12-10-19)36-18(3)4/h9-14,17-18,25,31H,7-8,15-16H2,1-6H3/b26-24+/t25-/m1/s1. The topological polar surface area (TPSA) is 88.5 Å². The minimum Gasteiger partial charge on any atom is -0.507 e. The normalized spacial score (nSPS) is 17.2. The lowest BCUT2D eigenvalue weighted by atomic mass is 9.94. The number of hydrogen-bond donors (Lipinski definition) is 1. The fourth-order valence-corrected chi connectivity index (χ4v) is 4.40. The number of aliphatic hydroxyl groups excluding tert-OH is 1. The maximum atomic E-state index is 13.3. The Labute approximate surface area is 213 Å². The summed E-state index contributed by atoms with van der Waals surface area (Å²) in [5, 5.41) is 11.3. The first-order chi connectivity index (χ1) is 17.2. The Morgan fingerprint density at radius 2 is 1.64 bits per heavy atom. The number of nitrogens with zero attached hydrogens (tertiary/aromatic N) is 2. The molecule has 0 aromatic heterocycles. The maximum Gasteiger partial charge on any atom is 0.295 e. The highest BCUT2D eigenvalue weighted by atomic mass is 16.5. The number of carbonyl (C=O) groups is 2. The number of methoxy groups -OCH3 is 2. The Hall–Kier alpha value is -3.52. The molecule has 8 heteroatoms. The van der Waals surface area contributed by atoms with Gasteiger partial charge in [0.1, 0.15) is 23.0 Å². The lowest BCUT2D eigenvalue weighted by Crippen LogP contribution is -2.38. The molecule has 1 aliphatic rings. The van der Waals surface area contributed by atoms with Crippen LogP contribution in [0.4, 0.5) is 0 Å². The van der Waals surface area contributed by atoms with Gasteiger partial charge in [0.2, 0.25) is 0 Å². The van der Waals surface area contributed by atoms with Gasteiger partial charge in [0.25, 0.3) is 11.7 Å². The molecule has 1 amide bonds. The van der Waals surface area contributed by atoms with Crippen LogP contribution in [0.2, 0.25) is 0 Å². The Morgan fingerprint density at radius 1 is 1.00 bits per heavy atom. The zero-order valence-electron chi connectivity index (χ0n) is 21.9. The first-order valence-electron chi connectivity index (χ1n) is 12.2. The predicted octanol–water partition coefficient (Wildman–Crippen LogP) is 4.25. The summed E-state index contributed by atoms with van der Waals surface area (Å²) in [6.45, 7) is 10.5. The summed E-state index contributed by atoms with van der Waals surface area (Å²) in [5.74, 6) is 0.0529. The second kappa shape index (κ2) is 11.9. The van der Waals surface area contributed by atoms with Gasteiger partial charge >= 0.3 is 0 Å². The van der Waals surface area contributed by atoms with Gasteiger partial charge < -0.3 is 29.1 Å². The van der Waals surface area contributed by atoms with Crippen LogP contribution in [-0.2, 0) is 9.59 Å². The SMILES string of the molecule is CCN(CC)CCN1C(=O)C(=O)/C(=C(/O)c2ccc(OC(C)C)cc2)[C@H]1c1cc(OC)ccc1OC. The molecule has 1 atom stereocenters. The van der Waals surface area contributed by atoms with Crippen LogP contribution in [0.5, 0.6) is 17.2 Å². The first-order valence-corrected chi connectivity index (χ1v) is 12.2. The van der Waals surface area contributed by atoms with Crippen LogP contribution in [0.15, 0.2) is 48.0 Å². The molecule has 2 aromatic carbocycles. The van der Waals surface area contributed by atoms with Crippen molar-refractivity contribution >= 4 is 17.4 Å². The smallest absolute Gasteiger partial charge is 0.295 e. The Bertz CT molecular complexity index is 1110. The van der Waals surface area contributed by atoms with Crippen molar-refractivity contribution in [3.63, 3.8) is 0 Å². The summed E-state index contributed by atoms with van der Waals surface area (Å²) in [6.07, 6.45) is 0.00102. The third kappa shape index (κ3) is 5.65. The number of aliphatic hydroxyl groups is 1. The number of amides is 1. The Morgan fingerprint density at radius 3 is 2.19 bits per heavy atom. The molecule has 2 aromatic rings. The summed E-state index contributed by atoms with van der Waals surface area (Å²) < 4.78 is 16.7. The van der Waals surface area contributed by atoms with Crippen molar-refractivity contribution in [3.05, 3.63) is 59.2 Å². The van der Waals surface area contributed by atoms with Crippen molar-refractivity contribution in [3.8, 4) is 17.2 Å². The molecule has 36 heavy (non-hydrogen) atoms. The largest absolute Gasteiger partial charge is 0.507 e. The van der Waals surface area contributed by atoms with Crippen LogP contribution < -0.4 is 14.2 Å². The van der Waals surface area contributed by atoms with Crippen LogP contribution in [0.1, 0.15) is 44.9 Å². The summed E-state index contributed by atoms with van der Waals surface area (Å²) >= 11 is 0. The number of Topliss-reactive ketones (excluding diaryl/α,β-unsaturated/α-hetero) is 1. The summed E-state index contributed by atoms with van der Waals surface area (Å²) in [5.41, 5.74) is 1.00. The quantitative estimate of drug-likeness (QED) is 0.283. The molecule has 1 saturated heterocycles. The monoisotopic (exact) mass is 496 g/mol. The van der Waals surface area contributed by atoms with E-state index in [1.165, 1.54) is 12.0 Å². The average Bonchev–Trinajstić information content (AvgIpc) is 3.13. The number of ketones is 1. The van der Waals surface area contributed by atoms with E-state index in [9.17, 15) is 14.7 Å². The van der Waals surface area contributed by atoms with Gasteiger partial charge in [-0.1, -0.05) is 13.8 Å². The first kappa shape index (κ1) is 27.1. The number of benzene rings is 2. The van der Waals surface area contributed by atoms with Gasteiger partial charge in [-0.15, -0.1) is 0 Å². The van der Waals surface area contributed by atoms with Crippen LogP contribution in [-0.4, -0.2) is 73.1 Å². The third-order valence-electron chi connectivity index (χ3n) is 6.32. The maximum absolute atomic E-state index is 13.3. The highest BCUT2D eigenvalue weighted by Gasteiger charge is 2.47. The van der Waals surface area contributed by atoms with Crippen molar-refractivity contribution in [1.82, 2.24) is 9.80 Å². The van der Waals surface area contributed by atoms with Gasteiger partial charge in [0.15, 0.2) is 0 Å². The molecule has 1 fully saturated rings. The molecule has 0 bridgehead atoms. The molecule has 0 spiro atoms. The van der Waals surface area contributed by atoms with E-state index in [2.05, 4.69) is 4.90 Å². The molecule has 0 aliphatic carbocycles. The minimum absolute atomic E-state index is 0.00102. The second-order valence-electron chi connectivity index (χ2n) is 8.82. The van der Waals surface area contributed by atoms with Crippen LogP contribution in [0, 0.1) is 0 Å². The lowest BCUT2D eigenvalue weighted by Gasteiger charge is -2.29. The van der Waals surface area contributed by atoms with Crippen molar-refractivity contribution in [2.45, 2.75) is 39.8 Å². The molecule has 0 radical (unpaired) electrons. The van der Waals surface area contributed by atoms with E-state index in [1.54, 1.807) is 49.6 Å². The number of likely N-dealkylation sites (N-methyl/N-ethyl adjacent to an activating group) is 1. The highest BCUT2D eigenvalue weighted by molar-refractivity contribution is 6.46. The molecule has 3 rings (SSSR count). The van der Waals surface area contributed by atoms with E-state index in [-0.39, 0.29) is 17.4 Å². The highest BCUT2D eigenvalue weighted by Crippen LogP contribution is 2.43. The summed E-state index contributed by atoms with van der Waals surface area (Å²) in [6, 6.07) is 11.2. The molecule has 1 aliphatic heterocycles. The van der Waals surface area contributed by atoms with Crippen molar-refractivity contribution in [2.75, 3.05) is 40.4 Å². The summed E-state index contributed by atoms with van der Waals surface area (Å²) in [4.78, 5) is 30.3. The second-order valence-corrected chi connectivity index (χ2v) is 8.82. The third-order valence-corrected chi connectivity index (χ3v) is 6.32. The van der Waals surface area contributed by atoms with E-state index in [4.69, 9.17) is 14.2 Å². The van der Waals surface area contributed by atoms with Gasteiger partial charge in [0, 0.05) is 24.2 Å². The molecular formula is C28H36N2O6. The Balaban J connectivity index is 2.15. The van der Waals surface area contributed by atoms with Gasteiger partial charge in [-0.05, 0) is 69.4 Å². The molecule has 0 unspecified atom stereocenters. The molecular weight excluding hydrogens is 460 g/mol. The van der Waals surface area contributed by atoms with Crippen molar-refractivity contribution in [1.29, 1.82) is 0 Å². The van der Waals surface area contributed by atoms with Crippen LogP contribution in [0.3, 0.4) is 0 Å². The zero-order valence-corrected chi connectivity index (χ0v) is 21.9. The molecule has 0 saturated carbocycles. The van der Waals surface area contributed by atoms with Gasteiger partial charge in [-0.25, -0.2) is 0 Å². The fourth-order valence-electron chi connectivity index (χ4n) is 4.40. The van der Waals surface area contributed by atoms with E-state index in [1.807, 2.05) is 27.7 Å². The fraction of sp³-hybridized carbons (Fsp3) is 0.429. The van der Waals surface area contributed by atoms with Gasteiger partial charge in [-0.2, -0.15) is 0 Å². The van der Waals surface area contributed by atoms with Gasteiger partial charge in [0.05, 0.1) is 31.9 Å².